The van der Waals surface area contributed by atoms with E-state index < -0.39 is 0 Å². The van der Waals surface area contributed by atoms with Crippen LogP contribution in [0.25, 0.3) is 0 Å². The maximum Gasteiger partial charge on any atom is 0.308 e. The van der Waals surface area contributed by atoms with E-state index in [1.807, 2.05) is 13.8 Å². The van der Waals surface area contributed by atoms with Crippen molar-refractivity contribution in [3.8, 4) is 0 Å². The fourth-order valence-corrected chi connectivity index (χ4v) is 2.45. The average molecular weight is 228 g/mol. The van der Waals surface area contributed by atoms with Crippen molar-refractivity contribution in [1.82, 2.24) is 0 Å². The predicted molar refractivity (Wildman–Crippen MR) is 63.0 cm³/mol. The van der Waals surface area contributed by atoms with Crippen molar-refractivity contribution in [2.45, 2.75) is 58.5 Å². The van der Waals surface area contributed by atoms with Gasteiger partial charge >= 0.3 is 5.97 Å². The van der Waals surface area contributed by atoms with E-state index in [1.54, 1.807) is 0 Å². The molecule has 0 amide bonds. The van der Waals surface area contributed by atoms with Gasteiger partial charge in [-0.2, -0.15) is 0 Å². The molecule has 1 rings (SSSR count). The van der Waals surface area contributed by atoms with Gasteiger partial charge in [0, 0.05) is 0 Å². The van der Waals surface area contributed by atoms with E-state index in [0.29, 0.717) is 18.9 Å². The highest BCUT2D eigenvalue weighted by Crippen LogP contribution is 2.29. The van der Waals surface area contributed by atoms with Gasteiger partial charge in [0.2, 0.25) is 0 Å². The Morgan fingerprint density at radius 1 is 1.38 bits per heavy atom. The highest BCUT2D eigenvalue weighted by atomic mass is 16.5. The lowest BCUT2D eigenvalue weighted by Gasteiger charge is -2.27. The zero-order valence-electron chi connectivity index (χ0n) is 10.4. The molecule has 1 saturated carbocycles. The molecular formula is C13H24O3. The minimum Gasteiger partial charge on any atom is -0.466 e. The van der Waals surface area contributed by atoms with Gasteiger partial charge in [-0.1, -0.05) is 26.2 Å². The lowest BCUT2D eigenvalue weighted by Crippen LogP contribution is -2.28. The Bertz CT molecular complexity index is 209. The first kappa shape index (κ1) is 13.5. The minimum absolute atomic E-state index is 0.183. The fourth-order valence-electron chi connectivity index (χ4n) is 2.45. The maximum atomic E-state index is 11.4. The van der Waals surface area contributed by atoms with Crippen molar-refractivity contribution in [3.05, 3.63) is 0 Å². The van der Waals surface area contributed by atoms with Crippen LogP contribution in [-0.2, 0) is 9.53 Å². The van der Waals surface area contributed by atoms with E-state index in [1.165, 1.54) is 19.3 Å². The Morgan fingerprint density at radius 3 is 2.56 bits per heavy atom. The molecule has 1 fully saturated rings. The summed E-state index contributed by atoms with van der Waals surface area (Å²) in [6.45, 7) is 4.06. The molecule has 3 heteroatoms. The summed E-state index contributed by atoms with van der Waals surface area (Å²) in [4.78, 5) is 11.4. The topological polar surface area (TPSA) is 46.5 Å². The van der Waals surface area contributed by atoms with Crippen molar-refractivity contribution in [3.63, 3.8) is 0 Å². The van der Waals surface area contributed by atoms with Crippen LogP contribution in [0.4, 0.5) is 0 Å². The van der Waals surface area contributed by atoms with Gasteiger partial charge in [0.25, 0.3) is 0 Å². The third-order valence-corrected chi connectivity index (χ3v) is 3.48. The van der Waals surface area contributed by atoms with Crippen LogP contribution in [0.15, 0.2) is 0 Å². The number of carbonyl (C=O) groups is 1. The van der Waals surface area contributed by atoms with Gasteiger partial charge in [0.05, 0.1) is 18.6 Å². The molecule has 0 aromatic rings. The summed E-state index contributed by atoms with van der Waals surface area (Å²) in [6, 6.07) is 0. The van der Waals surface area contributed by atoms with Gasteiger partial charge < -0.3 is 9.84 Å². The number of esters is 1. The van der Waals surface area contributed by atoms with Crippen molar-refractivity contribution in [1.29, 1.82) is 0 Å². The zero-order chi connectivity index (χ0) is 12.0. The molecule has 0 saturated heterocycles. The van der Waals surface area contributed by atoms with Gasteiger partial charge in [0.1, 0.15) is 0 Å². The molecule has 2 atom stereocenters. The van der Waals surface area contributed by atoms with E-state index in [9.17, 15) is 9.90 Å². The zero-order valence-corrected chi connectivity index (χ0v) is 10.4. The lowest BCUT2D eigenvalue weighted by molar-refractivity contribution is -0.148. The molecule has 0 spiro atoms. The van der Waals surface area contributed by atoms with Crippen LogP contribution in [0.1, 0.15) is 52.4 Å². The molecular weight excluding hydrogens is 204 g/mol. The summed E-state index contributed by atoms with van der Waals surface area (Å²) < 4.78 is 4.94. The first-order chi connectivity index (χ1) is 7.65. The van der Waals surface area contributed by atoms with E-state index in [0.717, 1.165) is 12.8 Å². The number of carbonyl (C=O) groups excluding carboxylic acids is 1. The van der Waals surface area contributed by atoms with E-state index in [2.05, 4.69) is 0 Å². The summed E-state index contributed by atoms with van der Waals surface area (Å²) in [5.41, 5.74) is 0. The van der Waals surface area contributed by atoms with Crippen LogP contribution in [0.2, 0.25) is 0 Å². The third-order valence-electron chi connectivity index (χ3n) is 3.48. The van der Waals surface area contributed by atoms with E-state index in [-0.39, 0.29) is 18.0 Å². The lowest BCUT2D eigenvalue weighted by atomic mass is 9.82. The molecule has 0 aliphatic heterocycles. The summed E-state index contributed by atoms with van der Waals surface area (Å²) >= 11 is 0. The molecule has 94 valence electrons. The first-order valence-electron chi connectivity index (χ1n) is 6.49. The van der Waals surface area contributed by atoms with Gasteiger partial charge in [-0.25, -0.2) is 0 Å². The molecule has 0 unspecified atom stereocenters. The number of hydrogen-bond donors (Lipinski definition) is 1. The van der Waals surface area contributed by atoms with Crippen LogP contribution in [-0.4, -0.2) is 23.8 Å². The molecule has 0 radical (unpaired) electrons. The molecule has 1 aliphatic carbocycles. The molecule has 1 aliphatic rings. The van der Waals surface area contributed by atoms with Crippen molar-refractivity contribution in [2.24, 2.45) is 11.8 Å². The van der Waals surface area contributed by atoms with Crippen LogP contribution in [0.5, 0.6) is 0 Å². The third kappa shape index (κ3) is 4.12. The fraction of sp³-hybridized carbons (Fsp3) is 0.923. The van der Waals surface area contributed by atoms with Gasteiger partial charge in [0.15, 0.2) is 0 Å². The number of rotatable bonds is 5. The number of hydrogen-bond acceptors (Lipinski definition) is 3. The SMILES string of the molecule is CCOC(=O)[C@@H](C)C[C@@H](O)C1CCCCC1. The second-order valence-corrected chi connectivity index (χ2v) is 4.85. The van der Waals surface area contributed by atoms with Gasteiger partial charge in [-0.05, 0) is 32.1 Å². The Kier molecular flexibility index (Phi) is 5.81. The predicted octanol–water partition coefficient (Wildman–Crippen LogP) is 2.52. The average Bonchev–Trinajstić information content (AvgIpc) is 2.30. The summed E-state index contributed by atoms with van der Waals surface area (Å²) in [5, 5.41) is 10.1. The molecule has 0 aromatic carbocycles. The highest BCUT2D eigenvalue weighted by Gasteiger charge is 2.26. The van der Waals surface area contributed by atoms with Crippen LogP contribution >= 0.6 is 0 Å². The molecule has 0 heterocycles. The molecule has 0 bridgehead atoms. The Hall–Kier alpha value is -0.570. The molecule has 3 nitrogen and oxygen atoms in total. The summed E-state index contributed by atoms with van der Waals surface area (Å²) in [7, 11) is 0. The number of aliphatic hydroxyl groups is 1. The first-order valence-corrected chi connectivity index (χ1v) is 6.49. The summed E-state index contributed by atoms with van der Waals surface area (Å²) in [6.07, 6.45) is 6.15. The monoisotopic (exact) mass is 228 g/mol. The normalized spacial score (nSPS) is 21.4. The number of aliphatic hydroxyl groups excluding tert-OH is 1. The Morgan fingerprint density at radius 2 is 2.00 bits per heavy atom. The van der Waals surface area contributed by atoms with Crippen LogP contribution in [0, 0.1) is 11.8 Å². The Labute approximate surface area is 98.2 Å². The van der Waals surface area contributed by atoms with Crippen molar-refractivity contribution >= 4 is 5.97 Å². The molecule has 1 N–H and O–H groups in total. The van der Waals surface area contributed by atoms with Crippen molar-refractivity contribution < 1.29 is 14.6 Å². The minimum atomic E-state index is -0.334. The largest absolute Gasteiger partial charge is 0.466 e. The maximum absolute atomic E-state index is 11.4. The van der Waals surface area contributed by atoms with Crippen molar-refractivity contribution in [2.75, 3.05) is 6.61 Å². The smallest absolute Gasteiger partial charge is 0.308 e. The highest BCUT2D eigenvalue weighted by molar-refractivity contribution is 5.71. The van der Waals surface area contributed by atoms with Crippen LogP contribution < -0.4 is 0 Å². The second-order valence-electron chi connectivity index (χ2n) is 4.85. The van der Waals surface area contributed by atoms with E-state index in [4.69, 9.17) is 4.74 Å². The molecule has 0 aromatic heterocycles. The second kappa shape index (κ2) is 6.89. The number of ether oxygens (including phenoxy) is 1. The Balaban J connectivity index is 2.31. The standard InChI is InChI=1S/C13H24O3/c1-3-16-13(15)10(2)9-12(14)11-7-5-4-6-8-11/h10-12,14H,3-9H2,1-2H3/t10-,12+/m0/s1. The molecule has 16 heavy (non-hydrogen) atoms. The van der Waals surface area contributed by atoms with Crippen LogP contribution in [0.3, 0.4) is 0 Å². The summed E-state index contributed by atoms with van der Waals surface area (Å²) in [5.74, 6) is 0.0277. The van der Waals surface area contributed by atoms with Gasteiger partial charge in [-0.3, -0.25) is 4.79 Å². The van der Waals surface area contributed by atoms with Gasteiger partial charge in [-0.15, -0.1) is 0 Å². The van der Waals surface area contributed by atoms with E-state index >= 15 is 0 Å². The quantitative estimate of drug-likeness (QED) is 0.735.